The Morgan fingerprint density at radius 2 is 0.929 bits per heavy atom. The van der Waals surface area contributed by atoms with Gasteiger partial charge in [-0.25, -0.2) is 0 Å². The van der Waals surface area contributed by atoms with E-state index < -0.39 is 13.9 Å². The molecule has 0 bridgehead atoms. The van der Waals surface area contributed by atoms with E-state index in [-0.39, 0.29) is 16.6 Å². The first-order chi connectivity index (χ1) is 6.08. The molecule has 0 radical (unpaired) electrons. The smallest absolute Gasteiger partial charge is 0.177 e. The van der Waals surface area contributed by atoms with Gasteiger partial charge in [-0.15, -0.1) is 0 Å². The van der Waals surface area contributed by atoms with E-state index >= 15 is 0 Å². The molecular weight excluding hydrogens is 205 g/mol. The van der Waals surface area contributed by atoms with Gasteiger partial charge >= 0.3 is 5.80 Å². The Morgan fingerprint density at radius 1 is 0.714 bits per heavy atom. The van der Waals surface area contributed by atoms with E-state index in [0.717, 1.165) is 0 Å². The third-order valence-corrected chi connectivity index (χ3v) is 10.1. The quantitative estimate of drug-likeness (QED) is 0.608. The van der Waals surface area contributed by atoms with Crippen LogP contribution in [0.3, 0.4) is 0 Å². The van der Waals surface area contributed by atoms with Crippen LogP contribution in [0.1, 0.15) is 41.5 Å². The molecule has 0 amide bonds. The van der Waals surface area contributed by atoms with E-state index in [0.29, 0.717) is 0 Å². The maximum atomic E-state index is 13.2. The molecule has 0 aromatic carbocycles. The van der Waals surface area contributed by atoms with Crippen molar-refractivity contribution in [1.29, 1.82) is 0 Å². The molecule has 0 aliphatic carbocycles. The molecule has 0 saturated heterocycles. The summed E-state index contributed by atoms with van der Waals surface area (Å²) in [4.78, 5) is 0. The molecule has 0 saturated carbocycles. The first-order valence-electron chi connectivity index (χ1n) is 5.15. The van der Waals surface area contributed by atoms with Crippen molar-refractivity contribution in [1.82, 2.24) is 0 Å². The Bertz CT molecular complexity index is 161. The number of halogens is 3. The fraction of sp³-hybridized carbons (Fsp3) is 1.00. The van der Waals surface area contributed by atoms with Gasteiger partial charge in [0.1, 0.15) is 0 Å². The van der Waals surface area contributed by atoms with Crippen LogP contribution in [0.5, 0.6) is 0 Å². The Balaban J connectivity index is 5.40. The zero-order chi connectivity index (χ0) is 11.7. The van der Waals surface area contributed by atoms with Crippen LogP contribution in [0.15, 0.2) is 0 Å². The summed E-state index contributed by atoms with van der Waals surface area (Å²) in [6, 6.07) is 0. The van der Waals surface area contributed by atoms with Gasteiger partial charge in [0.15, 0.2) is 8.07 Å². The van der Waals surface area contributed by atoms with Gasteiger partial charge in [-0.1, -0.05) is 41.5 Å². The predicted octanol–water partition coefficient (Wildman–Crippen LogP) is 4.77. The Hall–Kier alpha value is 0.00688. The fourth-order valence-electron chi connectivity index (χ4n) is 2.98. The number of hydrogen-bond acceptors (Lipinski definition) is 0. The summed E-state index contributed by atoms with van der Waals surface area (Å²) >= 11 is 0. The van der Waals surface area contributed by atoms with E-state index in [1.807, 2.05) is 0 Å². The highest BCUT2D eigenvalue weighted by Crippen LogP contribution is 2.51. The monoisotopic (exact) mass is 226 g/mol. The van der Waals surface area contributed by atoms with Gasteiger partial charge in [0.25, 0.3) is 0 Å². The zero-order valence-corrected chi connectivity index (χ0v) is 10.9. The fourth-order valence-corrected chi connectivity index (χ4v) is 8.95. The Labute approximate surface area is 85.9 Å². The van der Waals surface area contributed by atoms with Gasteiger partial charge < -0.3 is 0 Å². The van der Waals surface area contributed by atoms with Crippen molar-refractivity contribution in [3.63, 3.8) is 0 Å². The van der Waals surface area contributed by atoms with Crippen molar-refractivity contribution >= 4 is 8.07 Å². The van der Waals surface area contributed by atoms with Crippen molar-refractivity contribution in [2.24, 2.45) is 0 Å². The molecular formula is C10H21F3Si. The summed E-state index contributed by atoms with van der Waals surface area (Å²) < 4.78 is 39.6. The predicted molar refractivity (Wildman–Crippen MR) is 57.1 cm³/mol. The van der Waals surface area contributed by atoms with Crippen LogP contribution >= 0.6 is 0 Å². The van der Waals surface area contributed by atoms with Crippen LogP contribution in [0.2, 0.25) is 16.6 Å². The summed E-state index contributed by atoms with van der Waals surface area (Å²) in [6.07, 6.45) is 0. The molecule has 0 aromatic rings. The van der Waals surface area contributed by atoms with Crippen LogP contribution in [0.25, 0.3) is 0 Å². The molecule has 0 N–H and O–H groups in total. The maximum absolute atomic E-state index is 13.2. The van der Waals surface area contributed by atoms with Gasteiger partial charge in [0, 0.05) is 0 Å². The normalized spacial score (nSPS) is 14.6. The van der Waals surface area contributed by atoms with Crippen molar-refractivity contribution < 1.29 is 13.2 Å². The molecule has 0 aromatic heterocycles. The van der Waals surface area contributed by atoms with Gasteiger partial charge in [-0.2, -0.15) is 13.2 Å². The first kappa shape index (κ1) is 14.0. The SMILES string of the molecule is CC(C)[Si](C(C)C)(C(C)C)C(F)(F)F. The molecule has 0 nitrogen and oxygen atoms in total. The largest absolute Gasteiger partial charge is 0.362 e. The topological polar surface area (TPSA) is 0 Å². The molecule has 14 heavy (non-hydrogen) atoms. The molecule has 0 spiro atoms. The number of alkyl halides is 3. The van der Waals surface area contributed by atoms with Gasteiger partial charge in [-0.05, 0) is 16.6 Å². The van der Waals surface area contributed by atoms with Crippen molar-refractivity contribution in [3.8, 4) is 0 Å². The lowest BCUT2D eigenvalue weighted by Crippen LogP contribution is -2.57. The first-order valence-corrected chi connectivity index (χ1v) is 7.38. The third-order valence-electron chi connectivity index (χ3n) is 3.36. The van der Waals surface area contributed by atoms with E-state index in [2.05, 4.69) is 0 Å². The minimum absolute atomic E-state index is 0.248. The molecule has 0 atom stereocenters. The second-order valence-corrected chi connectivity index (χ2v) is 10.8. The molecule has 0 aliphatic heterocycles. The molecule has 4 heteroatoms. The number of hydrogen-bond donors (Lipinski definition) is 0. The van der Waals surface area contributed by atoms with E-state index in [4.69, 9.17) is 0 Å². The summed E-state index contributed by atoms with van der Waals surface area (Å²) in [5, 5.41) is 0. The van der Waals surface area contributed by atoms with Crippen LogP contribution in [-0.2, 0) is 0 Å². The van der Waals surface area contributed by atoms with Crippen LogP contribution in [0.4, 0.5) is 13.2 Å². The molecule has 0 unspecified atom stereocenters. The lowest BCUT2D eigenvalue weighted by molar-refractivity contribution is -0.0615. The summed E-state index contributed by atoms with van der Waals surface area (Å²) in [5.41, 5.74) is -0.743. The minimum atomic E-state index is -3.98. The van der Waals surface area contributed by atoms with E-state index in [1.54, 1.807) is 41.5 Å². The molecule has 0 aliphatic rings. The average molecular weight is 226 g/mol. The zero-order valence-electron chi connectivity index (χ0n) is 9.87. The summed E-state index contributed by atoms with van der Waals surface area (Å²) in [6.45, 7) is 10.3. The summed E-state index contributed by atoms with van der Waals surface area (Å²) in [7, 11) is -3.23. The highest BCUT2D eigenvalue weighted by atomic mass is 28.3. The highest BCUT2D eigenvalue weighted by Gasteiger charge is 2.62. The summed E-state index contributed by atoms with van der Waals surface area (Å²) in [5.74, 6) is -3.98. The van der Waals surface area contributed by atoms with Crippen molar-refractivity contribution in [2.45, 2.75) is 64.0 Å². The second-order valence-electron chi connectivity index (χ2n) is 4.89. The molecule has 0 rings (SSSR count). The van der Waals surface area contributed by atoms with E-state index in [9.17, 15) is 13.2 Å². The Morgan fingerprint density at radius 3 is 0.929 bits per heavy atom. The van der Waals surface area contributed by atoms with Crippen LogP contribution in [-0.4, -0.2) is 13.9 Å². The lowest BCUT2D eigenvalue weighted by Gasteiger charge is -2.43. The van der Waals surface area contributed by atoms with Crippen molar-refractivity contribution in [2.75, 3.05) is 0 Å². The molecule has 0 fully saturated rings. The molecule has 86 valence electrons. The minimum Gasteiger partial charge on any atom is -0.177 e. The standard InChI is InChI=1S/C10H21F3Si/c1-7(2)14(8(3)4,9(5)6)10(11,12)13/h7-9H,1-6H3. The third kappa shape index (κ3) is 1.99. The van der Waals surface area contributed by atoms with E-state index in [1.165, 1.54) is 0 Å². The van der Waals surface area contributed by atoms with Gasteiger partial charge in [-0.3, -0.25) is 0 Å². The maximum Gasteiger partial charge on any atom is 0.362 e. The Kier molecular flexibility index (Phi) is 4.25. The number of rotatable bonds is 3. The lowest BCUT2D eigenvalue weighted by atomic mass is 10.5. The van der Waals surface area contributed by atoms with Crippen LogP contribution in [0, 0.1) is 0 Å². The highest BCUT2D eigenvalue weighted by molar-refractivity contribution is 6.85. The second kappa shape index (κ2) is 4.25. The van der Waals surface area contributed by atoms with Crippen LogP contribution < -0.4 is 0 Å². The molecule has 0 heterocycles. The van der Waals surface area contributed by atoms with Gasteiger partial charge in [0.2, 0.25) is 0 Å². The average Bonchev–Trinajstić information content (AvgIpc) is 1.79. The van der Waals surface area contributed by atoms with Gasteiger partial charge in [0.05, 0.1) is 0 Å². The van der Waals surface area contributed by atoms with Crippen molar-refractivity contribution in [3.05, 3.63) is 0 Å².